The average Bonchev–Trinajstić information content (AvgIpc) is 2.16. The van der Waals surface area contributed by atoms with Gasteiger partial charge in [0.1, 0.15) is 5.78 Å². The summed E-state index contributed by atoms with van der Waals surface area (Å²) in [6, 6.07) is 0.130. The molecule has 0 aliphatic carbocycles. The van der Waals surface area contributed by atoms with Crippen LogP contribution in [0, 0.1) is 5.92 Å². The Hall–Kier alpha value is -0.370. The standard InChI is InChI=1S/C12H25NO/c1-6-9-13(8-3)12(10(4)5)11(14)7-2/h10,12H,6-9H2,1-5H3/t12-/m1/s1. The number of nitrogens with zero attached hydrogens (tertiary/aromatic N) is 1. The molecule has 2 nitrogen and oxygen atoms in total. The van der Waals surface area contributed by atoms with Crippen molar-refractivity contribution in [1.82, 2.24) is 4.90 Å². The zero-order valence-corrected chi connectivity index (χ0v) is 10.3. The predicted octanol–water partition coefficient (Wildman–Crippen LogP) is 2.72. The summed E-state index contributed by atoms with van der Waals surface area (Å²) in [6.07, 6.45) is 1.77. The van der Waals surface area contributed by atoms with Crippen LogP contribution < -0.4 is 0 Å². The quantitative estimate of drug-likeness (QED) is 0.628. The lowest BCUT2D eigenvalue weighted by Crippen LogP contribution is -2.44. The van der Waals surface area contributed by atoms with Crippen LogP contribution in [0.25, 0.3) is 0 Å². The van der Waals surface area contributed by atoms with E-state index >= 15 is 0 Å². The van der Waals surface area contributed by atoms with Crippen molar-refractivity contribution in [3.63, 3.8) is 0 Å². The minimum Gasteiger partial charge on any atom is -0.298 e. The molecule has 84 valence electrons. The summed E-state index contributed by atoms with van der Waals surface area (Å²) in [5, 5.41) is 0. The van der Waals surface area contributed by atoms with Crippen LogP contribution in [0.1, 0.15) is 47.5 Å². The van der Waals surface area contributed by atoms with Crippen molar-refractivity contribution in [2.75, 3.05) is 13.1 Å². The molecule has 0 bridgehead atoms. The summed E-state index contributed by atoms with van der Waals surface area (Å²) < 4.78 is 0. The first kappa shape index (κ1) is 13.6. The highest BCUT2D eigenvalue weighted by Crippen LogP contribution is 2.13. The first-order chi connectivity index (χ1) is 6.58. The van der Waals surface area contributed by atoms with Gasteiger partial charge in [0, 0.05) is 6.42 Å². The van der Waals surface area contributed by atoms with Gasteiger partial charge in [0.2, 0.25) is 0 Å². The maximum Gasteiger partial charge on any atom is 0.149 e. The van der Waals surface area contributed by atoms with Crippen molar-refractivity contribution in [3.05, 3.63) is 0 Å². The minimum atomic E-state index is 0.130. The van der Waals surface area contributed by atoms with Crippen molar-refractivity contribution in [2.45, 2.75) is 53.5 Å². The number of likely N-dealkylation sites (N-methyl/N-ethyl adjacent to an activating group) is 1. The molecule has 0 spiro atoms. The van der Waals surface area contributed by atoms with Crippen LogP contribution in [0.5, 0.6) is 0 Å². The van der Waals surface area contributed by atoms with Crippen LogP contribution >= 0.6 is 0 Å². The largest absolute Gasteiger partial charge is 0.298 e. The molecule has 0 aromatic heterocycles. The van der Waals surface area contributed by atoms with Gasteiger partial charge >= 0.3 is 0 Å². The molecule has 0 aliphatic heterocycles. The Bertz CT molecular complexity index is 166. The third-order valence-corrected chi connectivity index (χ3v) is 2.62. The smallest absolute Gasteiger partial charge is 0.149 e. The van der Waals surface area contributed by atoms with Gasteiger partial charge < -0.3 is 0 Å². The predicted molar refractivity (Wildman–Crippen MR) is 61.5 cm³/mol. The SMILES string of the molecule is CCCN(CC)[C@@H](C(=O)CC)C(C)C. The maximum absolute atomic E-state index is 11.8. The van der Waals surface area contributed by atoms with Crippen molar-refractivity contribution >= 4 is 5.78 Å². The van der Waals surface area contributed by atoms with E-state index in [0.717, 1.165) is 19.5 Å². The van der Waals surface area contributed by atoms with E-state index in [1.165, 1.54) is 0 Å². The molecule has 2 heteroatoms. The van der Waals surface area contributed by atoms with E-state index < -0.39 is 0 Å². The lowest BCUT2D eigenvalue weighted by Gasteiger charge is -2.32. The number of carbonyl (C=O) groups excluding carboxylic acids is 1. The number of hydrogen-bond donors (Lipinski definition) is 0. The van der Waals surface area contributed by atoms with Crippen LogP contribution in [0.15, 0.2) is 0 Å². The molecule has 0 heterocycles. The Labute approximate surface area is 88.7 Å². The number of ketones is 1. The normalized spacial score (nSPS) is 13.6. The molecule has 0 N–H and O–H groups in total. The number of rotatable bonds is 7. The second-order valence-corrected chi connectivity index (χ2v) is 4.14. The topological polar surface area (TPSA) is 20.3 Å². The van der Waals surface area contributed by atoms with Gasteiger partial charge in [0.15, 0.2) is 0 Å². The van der Waals surface area contributed by atoms with Gasteiger partial charge in [-0.2, -0.15) is 0 Å². The number of carbonyl (C=O) groups is 1. The fraction of sp³-hybridized carbons (Fsp3) is 0.917. The third-order valence-electron chi connectivity index (χ3n) is 2.62. The first-order valence-electron chi connectivity index (χ1n) is 5.85. The number of hydrogen-bond acceptors (Lipinski definition) is 2. The van der Waals surface area contributed by atoms with E-state index in [9.17, 15) is 4.79 Å². The monoisotopic (exact) mass is 199 g/mol. The lowest BCUT2D eigenvalue weighted by atomic mass is 9.96. The fourth-order valence-corrected chi connectivity index (χ4v) is 1.99. The zero-order valence-electron chi connectivity index (χ0n) is 10.3. The first-order valence-corrected chi connectivity index (χ1v) is 5.85. The third kappa shape index (κ3) is 3.79. The molecular weight excluding hydrogens is 174 g/mol. The molecule has 0 aliphatic rings. The van der Waals surface area contributed by atoms with Crippen LogP contribution in [-0.2, 0) is 4.79 Å². The highest BCUT2D eigenvalue weighted by molar-refractivity contribution is 5.83. The molecule has 0 unspecified atom stereocenters. The highest BCUT2D eigenvalue weighted by Gasteiger charge is 2.25. The maximum atomic E-state index is 11.8. The highest BCUT2D eigenvalue weighted by atomic mass is 16.1. The Kier molecular flexibility index (Phi) is 6.81. The van der Waals surface area contributed by atoms with Gasteiger partial charge in [-0.1, -0.05) is 34.6 Å². The molecule has 14 heavy (non-hydrogen) atoms. The van der Waals surface area contributed by atoms with Crippen molar-refractivity contribution in [2.24, 2.45) is 5.92 Å². The molecule has 0 saturated heterocycles. The summed E-state index contributed by atoms with van der Waals surface area (Å²) in [5.41, 5.74) is 0. The van der Waals surface area contributed by atoms with E-state index in [1.807, 2.05) is 6.92 Å². The average molecular weight is 199 g/mol. The summed E-state index contributed by atoms with van der Waals surface area (Å²) in [6.45, 7) is 12.5. The Morgan fingerprint density at radius 2 is 1.79 bits per heavy atom. The van der Waals surface area contributed by atoms with Gasteiger partial charge in [0.25, 0.3) is 0 Å². The summed E-state index contributed by atoms with van der Waals surface area (Å²) in [5.74, 6) is 0.809. The second kappa shape index (κ2) is 6.99. The molecular formula is C12H25NO. The van der Waals surface area contributed by atoms with E-state index in [-0.39, 0.29) is 6.04 Å². The second-order valence-electron chi connectivity index (χ2n) is 4.14. The van der Waals surface area contributed by atoms with Gasteiger partial charge in [-0.15, -0.1) is 0 Å². The van der Waals surface area contributed by atoms with Crippen LogP contribution in [0.4, 0.5) is 0 Å². The van der Waals surface area contributed by atoms with E-state index in [4.69, 9.17) is 0 Å². The van der Waals surface area contributed by atoms with Gasteiger partial charge in [-0.05, 0) is 25.4 Å². The number of Topliss-reactive ketones (excluding diaryl/α,β-unsaturated/α-hetero) is 1. The van der Waals surface area contributed by atoms with Crippen molar-refractivity contribution in [1.29, 1.82) is 0 Å². The molecule has 0 fully saturated rings. The van der Waals surface area contributed by atoms with Gasteiger partial charge in [-0.3, -0.25) is 9.69 Å². The zero-order chi connectivity index (χ0) is 11.1. The molecule has 1 atom stereocenters. The molecule has 0 rings (SSSR count). The molecule has 0 saturated carbocycles. The molecule has 0 amide bonds. The minimum absolute atomic E-state index is 0.130. The van der Waals surface area contributed by atoms with E-state index in [1.54, 1.807) is 0 Å². The van der Waals surface area contributed by atoms with Gasteiger partial charge in [0.05, 0.1) is 6.04 Å². The Morgan fingerprint density at radius 3 is 2.07 bits per heavy atom. The summed E-state index contributed by atoms with van der Waals surface area (Å²) in [7, 11) is 0. The van der Waals surface area contributed by atoms with Crippen LogP contribution in [-0.4, -0.2) is 29.8 Å². The molecule has 0 radical (unpaired) electrons. The van der Waals surface area contributed by atoms with Gasteiger partial charge in [-0.25, -0.2) is 0 Å². The summed E-state index contributed by atoms with van der Waals surface area (Å²) >= 11 is 0. The van der Waals surface area contributed by atoms with Crippen molar-refractivity contribution in [3.8, 4) is 0 Å². The van der Waals surface area contributed by atoms with Crippen molar-refractivity contribution < 1.29 is 4.79 Å². The Morgan fingerprint density at radius 1 is 1.21 bits per heavy atom. The molecule has 0 aromatic rings. The fourth-order valence-electron chi connectivity index (χ4n) is 1.99. The van der Waals surface area contributed by atoms with Crippen LogP contribution in [0.3, 0.4) is 0 Å². The van der Waals surface area contributed by atoms with E-state index in [0.29, 0.717) is 18.1 Å². The van der Waals surface area contributed by atoms with E-state index in [2.05, 4.69) is 32.6 Å². The lowest BCUT2D eigenvalue weighted by molar-refractivity contribution is -0.125. The Balaban J connectivity index is 4.51. The summed E-state index contributed by atoms with van der Waals surface area (Å²) in [4.78, 5) is 14.1. The van der Waals surface area contributed by atoms with Crippen LogP contribution in [0.2, 0.25) is 0 Å². The molecule has 0 aromatic carbocycles.